The third-order valence-electron chi connectivity index (χ3n) is 3.64. The first-order chi connectivity index (χ1) is 9.17. The van der Waals surface area contributed by atoms with Gasteiger partial charge in [0.2, 0.25) is 5.91 Å². The average Bonchev–Trinajstić information content (AvgIpc) is 2.46. The van der Waals surface area contributed by atoms with Crippen molar-refractivity contribution in [2.24, 2.45) is 11.7 Å². The van der Waals surface area contributed by atoms with Crippen LogP contribution >= 0.6 is 0 Å². The molecule has 1 unspecified atom stereocenters. The summed E-state index contributed by atoms with van der Waals surface area (Å²) in [5.74, 6) is 1.48. The van der Waals surface area contributed by atoms with Crippen molar-refractivity contribution in [3.8, 4) is 0 Å². The van der Waals surface area contributed by atoms with Crippen molar-refractivity contribution >= 4 is 17.5 Å². The summed E-state index contributed by atoms with van der Waals surface area (Å²) in [5, 5.41) is 3.09. The summed E-state index contributed by atoms with van der Waals surface area (Å²) in [6.45, 7) is 3.65. The molecule has 1 aromatic heterocycles. The second-order valence-corrected chi connectivity index (χ2v) is 4.82. The fourth-order valence-electron chi connectivity index (χ4n) is 2.62. The van der Waals surface area contributed by atoms with Gasteiger partial charge in [-0.1, -0.05) is 6.92 Å². The third-order valence-corrected chi connectivity index (χ3v) is 3.64. The molecule has 1 aliphatic heterocycles. The second kappa shape index (κ2) is 5.86. The Morgan fingerprint density at radius 2 is 2.37 bits per heavy atom. The number of hydrogen-bond donors (Lipinski definition) is 2. The summed E-state index contributed by atoms with van der Waals surface area (Å²) < 4.78 is 0. The monoisotopic (exact) mass is 263 g/mol. The molecule has 1 atom stereocenters. The molecule has 6 heteroatoms. The van der Waals surface area contributed by atoms with Crippen molar-refractivity contribution in [3.63, 3.8) is 0 Å². The van der Waals surface area contributed by atoms with E-state index in [1.54, 1.807) is 6.33 Å². The Balaban J connectivity index is 2.28. The Bertz CT molecular complexity index is 462. The number of piperidine rings is 1. The highest BCUT2D eigenvalue weighted by Crippen LogP contribution is 2.27. The van der Waals surface area contributed by atoms with Crippen molar-refractivity contribution in [2.75, 3.05) is 30.4 Å². The van der Waals surface area contributed by atoms with Gasteiger partial charge in [0.15, 0.2) is 0 Å². The molecule has 2 heterocycles. The minimum Gasteiger partial charge on any atom is -0.373 e. The highest BCUT2D eigenvalue weighted by atomic mass is 16.1. The van der Waals surface area contributed by atoms with Gasteiger partial charge in [-0.05, 0) is 19.3 Å². The fraction of sp³-hybridized carbons (Fsp3) is 0.615. The maximum Gasteiger partial charge on any atom is 0.222 e. The minimum atomic E-state index is -0.217. The zero-order valence-corrected chi connectivity index (χ0v) is 11.5. The predicted octanol–water partition coefficient (Wildman–Crippen LogP) is 0.782. The molecule has 0 aliphatic carbocycles. The smallest absolute Gasteiger partial charge is 0.222 e. The quantitative estimate of drug-likeness (QED) is 0.838. The molecule has 1 fully saturated rings. The lowest BCUT2D eigenvalue weighted by Crippen LogP contribution is -2.42. The first-order valence-electron chi connectivity index (χ1n) is 6.73. The molecule has 2 rings (SSSR count). The van der Waals surface area contributed by atoms with Gasteiger partial charge in [-0.2, -0.15) is 0 Å². The van der Waals surface area contributed by atoms with Gasteiger partial charge in [0.05, 0.1) is 5.92 Å². The molecular formula is C13H21N5O. The van der Waals surface area contributed by atoms with E-state index >= 15 is 0 Å². The van der Waals surface area contributed by atoms with E-state index in [-0.39, 0.29) is 11.8 Å². The minimum absolute atomic E-state index is 0.0774. The average molecular weight is 263 g/mol. The second-order valence-electron chi connectivity index (χ2n) is 4.82. The Morgan fingerprint density at radius 1 is 1.58 bits per heavy atom. The van der Waals surface area contributed by atoms with Crippen LogP contribution in [0.2, 0.25) is 0 Å². The van der Waals surface area contributed by atoms with Crippen LogP contribution in [-0.4, -0.2) is 36.0 Å². The van der Waals surface area contributed by atoms with Crippen molar-refractivity contribution in [1.82, 2.24) is 9.97 Å². The van der Waals surface area contributed by atoms with Crippen LogP contribution in [0.4, 0.5) is 11.6 Å². The van der Waals surface area contributed by atoms with Crippen LogP contribution in [0, 0.1) is 5.92 Å². The number of hydrogen-bond acceptors (Lipinski definition) is 5. The van der Waals surface area contributed by atoms with Gasteiger partial charge in [0, 0.05) is 25.7 Å². The Hall–Kier alpha value is -1.85. The zero-order valence-electron chi connectivity index (χ0n) is 11.5. The van der Waals surface area contributed by atoms with E-state index in [4.69, 9.17) is 5.73 Å². The zero-order chi connectivity index (χ0) is 13.8. The summed E-state index contributed by atoms with van der Waals surface area (Å²) in [6.07, 6.45) is 4.26. The van der Waals surface area contributed by atoms with Crippen LogP contribution in [0.25, 0.3) is 0 Å². The van der Waals surface area contributed by atoms with E-state index in [1.165, 1.54) is 0 Å². The molecular weight excluding hydrogens is 242 g/mol. The molecule has 0 spiro atoms. The van der Waals surface area contributed by atoms with Gasteiger partial charge in [-0.3, -0.25) is 4.79 Å². The summed E-state index contributed by atoms with van der Waals surface area (Å²) >= 11 is 0. The maximum absolute atomic E-state index is 11.4. The van der Waals surface area contributed by atoms with E-state index in [0.29, 0.717) is 6.54 Å². The van der Waals surface area contributed by atoms with E-state index in [2.05, 4.69) is 27.1 Å². The predicted molar refractivity (Wildman–Crippen MR) is 75.1 cm³/mol. The Labute approximate surface area is 113 Å². The summed E-state index contributed by atoms with van der Waals surface area (Å²) in [4.78, 5) is 22.1. The lowest BCUT2D eigenvalue weighted by Gasteiger charge is -2.33. The molecule has 6 nitrogen and oxygen atoms in total. The number of carbonyl (C=O) groups excluding carboxylic acids is 1. The lowest BCUT2D eigenvalue weighted by molar-refractivity contribution is -0.122. The topological polar surface area (TPSA) is 84.1 Å². The molecule has 1 aliphatic rings. The van der Waals surface area contributed by atoms with E-state index < -0.39 is 0 Å². The molecule has 0 radical (unpaired) electrons. The van der Waals surface area contributed by atoms with Crippen molar-refractivity contribution in [3.05, 3.63) is 11.9 Å². The molecule has 1 amide bonds. The molecule has 19 heavy (non-hydrogen) atoms. The normalized spacial score (nSPS) is 19.3. The number of carbonyl (C=O) groups is 1. The molecule has 0 aromatic carbocycles. The number of nitrogens with zero attached hydrogens (tertiary/aromatic N) is 3. The first kappa shape index (κ1) is 13.6. The van der Waals surface area contributed by atoms with Crippen molar-refractivity contribution < 1.29 is 4.79 Å². The van der Waals surface area contributed by atoms with E-state index in [1.807, 2.05) is 7.05 Å². The van der Waals surface area contributed by atoms with Crippen LogP contribution in [0.15, 0.2) is 6.33 Å². The highest BCUT2D eigenvalue weighted by Gasteiger charge is 2.26. The van der Waals surface area contributed by atoms with E-state index in [0.717, 1.165) is 43.0 Å². The number of nitrogens with two attached hydrogens (primary N) is 1. The van der Waals surface area contributed by atoms with Gasteiger partial charge in [0.25, 0.3) is 0 Å². The summed E-state index contributed by atoms with van der Waals surface area (Å²) in [5.41, 5.74) is 6.52. The van der Waals surface area contributed by atoms with Gasteiger partial charge >= 0.3 is 0 Å². The lowest BCUT2D eigenvalue weighted by atomic mass is 9.97. The highest BCUT2D eigenvalue weighted by molar-refractivity contribution is 5.77. The van der Waals surface area contributed by atoms with Crippen LogP contribution < -0.4 is 16.0 Å². The number of amides is 1. The molecule has 1 saturated heterocycles. The van der Waals surface area contributed by atoms with Crippen LogP contribution in [-0.2, 0) is 11.2 Å². The van der Waals surface area contributed by atoms with Gasteiger partial charge in [-0.15, -0.1) is 0 Å². The van der Waals surface area contributed by atoms with Crippen LogP contribution in [0.3, 0.4) is 0 Å². The van der Waals surface area contributed by atoms with Crippen molar-refractivity contribution in [1.29, 1.82) is 0 Å². The van der Waals surface area contributed by atoms with Crippen molar-refractivity contribution in [2.45, 2.75) is 26.2 Å². The Morgan fingerprint density at radius 3 is 3.00 bits per heavy atom. The maximum atomic E-state index is 11.4. The van der Waals surface area contributed by atoms with Gasteiger partial charge < -0.3 is 16.0 Å². The number of aromatic nitrogens is 2. The number of primary amides is 1. The molecule has 1 aromatic rings. The SMILES string of the molecule is CCc1c(NC)ncnc1N1CCCC(C(N)=O)C1. The first-order valence-corrected chi connectivity index (χ1v) is 6.73. The molecule has 0 bridgehead atoms. The molecule has 3 N–H and O–H groups in total. The fourth-order valence-corrected chi connectivity index (χ4v) is 2.62. The standard InChI is InChI=1S/C13H21N5O/c1-3-10-12(15-2)16-8-17-13(10)18-6-4-5-9(7-18)11(14)19/h8-9H,3-7H2,1-2H3,(H2,14,19)(H,15,16,17). The Kier molecular flexibility index (Phi) is 4.19. The van der Waals surface area contributed by atoms with Crippen LogP contribution in [0.5, 0.6) is 0 Å². The molecule has 104 valence electrons. The number of nitrogens with one attached hydrogen (secondary N) is 1. The van der Waals surface area contributed by atoms with Gasteiger partial charge in [0.1, 0.15) is 18.0 Å². The number of rotatable bonds is 4. The number of anilines is 2. The molecule has 0 saturated carbocycles. The van der Waals surface area contributed by atoms with E-state index in [9.17, 15) is 4.79 Å². The largest absolute Gasteiger partial charge is 0.373 e. The van der Waals surface area contributed by atoms with Gasteiger partial charge in [-0.25, -0.2) is 9.97 Å². The summed E-state index contributed by atoms with van der Waals surface area (Å²) in [6, 6.07) is 0. The third kappa shape index (κ3) is 2.77. The van der Waals surface area contributed by atoms with Crippen LogP contribution in [0.1, 0.15) is 25.3 Å². The summed E-state index contributed by atoms with van der Waals surface area (Å²) in [7, 11) is 1.85.